The van der Waals surface area contributed by atoms with Gasteiger partial charge in [-0.3, -0.25) is 4.79 Å². The number of nitrogens with two attached hydrogens (primary N) is 1. The van der Waals surface area contributed by atoms with E-state index in [1.807, 2.05) is 30.3 Å². The molecular weight excluding hydrogens is 256 g/mol. The molecule has 0 aliphatic carbocycles. The number of hydrogen-bond acceptors (Lipinski definition) is 4. The zero-order chi connectivity index (χ0) is 14.4. The third kappa shape index (κ3) is 4.13. The highest BCUT2D eigenvalue weighted by molar-refractivity contribution is 5.79. The molecule has 0 saturated heterocycles. The maximum atomic E-state index is 10.9. The Morgan fingerprint density at radius 2 is 2.05 bits per heavy atom. The van der Waals surface area contributed by atoms with Crippen LogP contribution in [0.15, 0.2) is 47.3 Å². The van der Waals surface area contributed by atoms with Crippen LogP contribution in [0, 0.1) is 0 Å². The molecule has 0 aliphatic rings. The van der Waals surface area contributed by atoms with Crippen LogP contribution < -0.4 is 15.8 Å². The highest BCUT2D eigenvalue weighted by Gasteiger charge is 2.06. The van der Waals surface area contributed by atoms with Crippen LogP contribution in [0.3, 0.4) is 0 Å². The molecular formula is C15H18N2O3. The first-order valence-corrected chi connectivity index (χ1v) is 6.40. The first-order chi connectivity index (χ1) is 9.65. The quantitative estimate of drug-likeness (QED) is 0.807. The largest absolute Gasteiger partial charge is 0.489 e. The van der Waals surface area contributed by atoms with E-state index in [0.29, 0.717) is 13.2 Å². The van der Waals surface area contributed by atoms with Gasteiger partial charge in [-0.05, 0) is 30.7 Å². The second-order valence-corrected chi connectivity index (χ2v) is 4.57. The van der Waals surface area contributed by atoms with Gasteiger partial charge in [0, 0.05) is 12.1 Å². The third-order valence-corrected chi connectivity index (χ3v) is 2.95. The van der Waals surface area contributed by atoms with Gasteiger partial charge in [-0.1, -0.05) is 12.1 Å². The van der Waals surface area contributed by atoms with Crippen molar-refractivity contribution in [2.24, 2.45) is 5.73 Å². The summed E-state index contributed by atoms with van der Waals surface area (Å²) in [6.07, 6.45) is 3.27. The van der Waals surface area contributed by atoms with E-state index in [-0.39, 0.29) is 11.9 Å². The summed E-state index contributed by atoms with van der Waals surface area (Å²) in [7, 11) is 0. The van der Waals surface area contributed by atoms with Gasteiger partial charge < -0.3 is 20.2 Å². The molecule has 5 heteroatoms. The maximum Gasteiger partial charge on any atom is 0.234 e. The lowest BCUT2D eigenvalue weighted by atomic mass is 10.2. The molecule has 0 radical (unpaired) electrons. The second-order valence-electron chi connectivity index (χ2n) is 4.57. The molecule has 1 atom stereocenters. The van der Waals surface area contributed by atoms with Crippen molar-refractivity contribution in [1.82, 2.24) is 5.32 Å². The second kappa shape index (κ2) is 6.77. The van der Waals surface area contributed by atoms with Gasteiger partial charge in [-0.15, -0.1) is 0 Å². The van der Waals surface area contributed by atoms with Gasteiger partial charge in [0.1, 0.15) is 12.4 Å². The monoisotopic (exact) mass is 274 g/mol. The van der Waals surface area contributed by atoms with Gasteiger partial charge in [0.2, 0.25) is 5.91 Å². The van der Waals surface area contributed by atoms with E-state index in [1.54, 1.807) is 19.5 Å². The van der Waals surface area contributed by atoms with Crippen LogP contribution in [0.5, 0.6) is 5.75 Å². The number of hydrogen-bond donors (Lipinski definition) is 2. The molecule has 1 aromatic carbocycles. The number of rotatable bonds is 7. The van der Waals surface area contributed by atoms with E-state index in [4.69, 9.17) is 14.9 Å². The topological polar surface area (TPSA) is 77.5 Å². The van der Waals surface area contributed by atoms with Crippen LogP contribution >= 0.6 is 0 Å². The summed E-state index contributed by atoms with van der Waals surface area (Å²) in [6, 6.07) is 9.21. The Bertz CT molecular complexity index is 535. The van der Waals surface area contributed by atoms with Gasteiger partial charge in [-0.25, -0.2) is 0 Å². The summed E-state index contributed by atoms with van der Waals surface area (Å²) < 4.78 is 10.6. The van der Waals surface area contributed by atoms with Crippen LogP contribution in [0.4, 0.5) is 0 Å². The maximum absolute atomic E-state index is 10.9. The lowest BCUT2D eigenvalue weighted by Crippen LogP contribution is -2.38. The van der Waals surface area contributed by atoms with E-state index in [0.717, 1.165) is 16.9 Å². The first-order valence-electron chi connectivity index (χ1n) is 6.40. The summed E-state index contributed by atoms with van der Waals surface area (Å²) in [5.74, 6) is 0.433. The molecule has 0 aliphatic heterocycles. The fraction of sp³-hybridized carbons (Fsp3) is 0.267. The fourth-order valence-electron chi connectivity index (χ4n) is 1.62. The van der Waals surface area contributed by atoms with Crippen molar-refractivity contribution in [3.05, 3.63) is 54.0 Å². The number of benzene rings is 1. The molecule has 1 unspecified atom stereocenters. The van der Waals surface area contributed by atoms with Crippen LogP contribution in [-0.2, 0) is 17.9 Å². The summed E-state index contributed by atoms with van der Waals surface area (Å²) in [4.78, 5) is 10.9. The molecule has 0 saturated carbocycles. The van der Waals surface area contributed by atoms with Crippen molar-refractivity contribution in [3.63, 3.8) is 0 Å². The lowest BCUT2D eigenvalue weighted by Gasteiger charge is -2.10. The zero-order valence-corrected chi connectivity index (χ0v) is 11.3. The number of carbonyl (C=O) groups excluding carboxylic acids is 1. The molecule has 106 valence electrons. The average molecular weight is 274 g/mol. The Hall–Kier alpha value is -2.27. The fourth-order valence-corrected chi connectivity index (χ4v) is 1.62. The van der Waals surface area contributed by atoms with E-state index in [1.165, 1.54) is 0 Å². The number of carbonyl (C=O) groups is 1. The summed E-state index contributed by atoms with van der Waals surface area (Å²) >= 11 is 0. The van der Waals surface area contributed by atoms with Crippen LogP contribution in [0.1, 0.15) is 18.1 Å². The van der Waals surface area contributed by atoms with E-state index in [2.05, 4.69) is 5.32 Å². The number of furan rings is 1. The van der Waals surface area contributed by atoms with Crippen molar-refractivity contribution in [2.45, 2.75) is 26.1 Å². The van der Waals surface area contributed by atoms with E-state index >= 15 is 0 Å². The predicted molar refractivity (Wildman–Crippen MR) is 75.0 cm³/mol. The SMILES string of the molecule is CC(NCc1ccc(OCc2ccoc2)cc1)C(N)=O. The van der Waals surface area contributed by atoms with E-state index < -0.39 is 0 Å². The number of amides is 1. The molecule has 0 bridgehead atoms. The van der Waals surface area contributed by atoms with Crippen molar-refractivity contribution < 1.29 is 13.9 Å². The Balaban J connectivity index is 1.82. The predicted octanol–water partition coefficient (Wildman–Crippen LogP) is 1.82. The minimum absolute atomic E-state index is 0.341. The molecule has 1 amide bonds. The standard InChI is InChI=1S/C15H18N2O3/c1-11(15(16)18)17-8-12-2-4-14(5-3-12)20-10-13-6-7-19-9-13/h2-7,9,11,17H,8,10H2,1H3,(H2,16,18). The molecule has 2 aromatic rings. The Morgan fingerprint density at radius 1 is 1.30 bits per heavy atom. The molecule has 1 heterocycles. The van der Waals surface area contributed by atoms with Crippen molar-refractivity contribution in [2.75, 3.05) is 0 Å². The molecule has 3 N–H and O–H groups in total. The van der Waals surface area contributed by atoms with Gasteiger partial charge in [0.05, 0.1) is 18.6 Å². The molecule has 0 fully saturated rings. The minimum atomic E-state index is -0.356. The Morgan fingerprint density at radius 3 is 2.65 bits per heavy atom. The van der Waals surface area contributed by atoms with E-state index in [9.17, 15) is 4.79 Å². The number of nitrogens with one attached hydrogen (secondary N) is 1. The molecule has 20 heavy (non-hydrogen) atoms. The van der Waals surface area contributed by atoms with Crippen molar-refractivity contribution in [1.29, 1.82) is 0 Å². The summed E-state index contributed by atoms with van der Waals surface area (Å²) in [5, 5.41) is 3.04. The van der Waals surface area contributed by atoms with Crippen LogP contribution in [0.2, 0.25) is 0 Å². The Labute approximate surface area is 117 Å². The first kappa shape index (κ1) is 14.1. The van der Waals surface area contributed by atoms with Crippen LogP contribution in [-0.4, -0.2) is 11.9 Å². The Kier molecular flexibility index (Phi) is 4.79. The third-order valence-electron chi connectivity index (χ3n) is 2.95. The molecule has 2 rings (SSSR count). The van der Waals surface area contributed by atoms with Gasteiger partial charge in [-0.2, -0.15) is 0 Å². The molecule has 1 aromatic heterocycles. The highest BCUT2D eigenvalue weighted by atomic mass is 16.5. The van der Waals surface area contributed by atoms with Crippen molar-refractivity contribution in [3.8, 4) is 5.75 Å². The van der Waals surface area contributed by atoms with Gasteiger partial charge in [0.15, 0.2) is 0 Å². The zero-order valence-electron chi connectivity index (χ0n) is 11.3. The smallest absolute Gasteiger partial charge is 0.234 e. The average Bonchev–Trinajstić information content (AvgIpc) is 2.96. The normalized spacial score (nSPS) is 12.1. The van der Waals surface area contributed by atoms with Gasteiger partial charge in [0.25, 0.3) is 0 Å². The number of ether oxygens (including phenoxy) is 1. The highest BCUT2D eigenvalue weighted by Crippen LogP contribution is 2.14. The lowest BCUT2D eigenvalue weighted by molar-refractivity contribution is -0.119. The molecule has 5 nitrogen and oxygen atoms in total. The van der Waals surface area contributed by atoms with Crippen molar-refractivity contribution >= 4 is 5.91 Å². The van der Waals surface area contributed by atoms with Gasteiger partial charge >= 0.3 is 0 Å². The summed E-state index contributed by atoms with van der Waals surface area (Å²) in [5.41, 5.74) is 7.24. The minimum Gasteiger partial charge on any atom is -0.489 e. The van der Waals surface area contributed by atoms with Crippen LogP contribution in [0.25, 0.3) is 0 Å². The summed E-state index contributed by atoms with van der Waals surface area (Å²) in [6.45, 7) is 2.81. The molecule has 0 spiro atoms. The number of primary amides is 1.